The second-order valence-corrected chi connectivity index (χ2v) is 4.14. The van der Waals surface area contributed by atoms with Gasteiger partial charge < -0.3 is 19.5 Å². The molecule has 1 rings (SSSR count). The van der Waals surface area contributed by atoms with Crippen LogP contribution >= 0.6 is 0 Å². The van der Waals surface area contributed by atoms with E-state index >= 15 is 0 Å². The van der Waals surface area contributed by atoms with Gasteiger partial charge in [-0.3, -0.25) is 0 Å². The molecule has 0 heterocycles. The molecule has 0 aliphatic heterocycles. The quantitative estimate of drug-likeness (QED) is 0.464. The molecule has 0 spiro atoms. The molecule has 0 atom stereocenters. The molecule has 0 amide bonds. The van der Waals surface area contributed by atoms with Crippen LogP contribution in [0, 0.1) is 12.3 Å². The fourth-order valence-electron chi connectivity index (χ4n) is 1.54. The molecule has 0 radical (unpaired) electrons. The minimum atomic E-state index is 0.340. The summed E-state index contributed by atoms with van der Waals surface area (Å²) < 4.78 is 15.8. The number of terminal acetylenes is 1. The van der Waals surface area contributed by atoms with E-state index in [4.69, 9.17) is 20.6 Å². The van der Waals surface area contributed by atoms with Gasteiger partial charge >= 0.3 is 0 Å². The maximum atomic E-state index is 5.44. The van der Waals surface area contributed by atoms with E-state index in [1.807, 2.05) is 18.2 Å². The Bertz CT molecular complexity index is 362. The summed E-state index contributed by atoms with van der Waals surface area (Å²) in [6.45, 7) is 4.99. The van der Waals surface area contributed by atoms with Crippen LogP contribution in [0.15, 0.2) is 30.3 Å². The van der Waals surface area contributed by atoms with Crippen LogP contribution in [0.5, 0.6) is 0 Å². The lowest BCUT2D eigenvalue weighted by molar-refractivity contribution is 0.0209. The summed E-state index contributed by atoms with van der Waals surface area (Å²) in [5.41, 5.74) is 1.28. The first-order chi connectivity index (χ1) is 9.93. The summed E-state index contributed by atoms with van der Waals surface area (Å²) in [6.07, 6.45) is 5.04. The van der Waals surface area contributed by atoms with Crippen molar-refractivity contribution in [2.75, 3.05) is 46.2 Å². The van der Waals surface area contributed by atoms with Crippen LogP contribution in [0.25, 0.3) is 0 Å². The highest BCUT2D eigenvalue weighted by Crippen LogP contribution is 1.96. The molecule has 0 saturated carbocycles. The Morgan fingerprint density at radius 1 is 0.900 bits per heavy atom. The summed E-state index contributed by atoms with van der Waals surface area (Å²) in [5, 5.41) is 3.32. The van der Waals surface area contributed by atoms with Crippen molar-refractivity contribution in [3.8, 4) is 12.3 Å². The van der Waals surface area contributed by atoms with E-state index in [-0.39, 0.29) is 0 Å². The largest absolute Gasteiger partial charge is 0.378 e. The van der Waals surface area contributed by atoms with Crippen molar-refractivity contribution in [1.82, 2.24) is 5.32 Å². The summed E-state index contributed by atoms with van der Waals surface area (Å²) in [4.78, 5) is 0. The first-order valence-corrected chi connectivity index (χ1v) is 6.85. The molecule has 4 heteroatoms. The highest BCUT2D eigenvalue weighted by atomic mass is 16.5. The van der Waals surface area contributed by atoms with E-state index in [0.717, 1.165) is 13.1 Å². The zero-order valence-corrected chi connectivity index (χ0v) is 11.8. The number of ether oxygens (including phenoxy) is 3. The maximum Gasteiger partial charge on any atom is 0.107 e. The fraction of sp³-hybridized carbons (Fsp3) is 0.500. The molecule has 0 aliphatic rings. The lowest BCUT2D eigenvalue weighted by atomic mass is 10.2. The van der Waals surface area contributed by atoms with Gasteiger partial charge in [0.1, 0.15) is 6.61 Å². The Hall–Kier alpha value is -1.38. The molecule has 0 fully saturated rings. The van der Waals surface area contributed by atoms with Gasteiger partial charge in [0, 0.05) is 13.1 Å². The van der Waals surface area contributed by atoms with Gasteiger partial charge in [-0.05, 0) is 5.56 Å². The Morgan fingerprint density at radius 3 is 2.25 bits per heavy atom. The molecule has 0 saturated heterocycles. The van der Waals surface area contributed by atoms with Crippen molar-refractivity contribution in [3.05, 3.63) is 35.9 Å². The van der Waals surface area contributed by atoms with Gasteiger partial charge in [-0.25, -0.2) is 0 Å². The summed E-state index contributed by atoms with van der Waals surface area (Å²) in [5.74, 6) is 2.40. The van der Waals surface area contributed by atoms with Crippen LogP contribution in [0.1, 0.15) is 5.56 Å². The van der Waals surface area contributed by atoms with Crippen LogP contribution in [0.3, 0.4) is 0 Å². The molecule has 1 aromatic rings. The van der Waals surface area contributed by atoms with Gasteiger partial charge in [-0.15, -0.1) is 6.42 Å². The lowest BCUT2D eigenvalue weighted by Crippen LogP contribution is -2.20. The van der Waals surface area contributed by atoms with E-state index < -0.39 is 0 Å². The van der Waals surface area contributed by atoms with Crippen molar-refractivity contribution in [1.29, 1.82) is 0 Å². The molecule has 1 aromatic carbocycles. The van der Waals surface area contributed by atoms with Gasteiger partial charge in [0.25, 0.3) is 0 Å². The average molecular weight is 277 g/mol. The number of hydrogen-bond donors (Lipinski definition) is 1. The second-order valence-electron chi connectivity index (χ2n) is 4.14. The molecule has 0 aliphatic carbocycles. The first-order valence-electron chi connectivity index (χ1n) is 6.85. The van der Waals surface area contributed by atoms with Crippen molar-refractivity contribution < 1.29 is 14.2 Å². The van der Waals surface area contributed by atoms with Crippen molar-refractivity contribution in [2.24, 2.45) is 0 Å². The molecular formula is C16H23NO3. The molecule has 0 aromatic heterocycles. The van der Waals surface area contributed by atoms with Gasteiger partial charge in [0.05, 0.1) is 33.0 Å². The highest BCUT2D eigenvalue weighted by molar-refractivity contribution is 5.14. The fourth-order valence-corrected chi connectivity index (χ4v) is 1.54. The van der Waals surface area contributed by atoms with Crippen LogP contribution in [-0.2, 0) is 20.8 Å². The lowest BCUT2D eigenvalue weighted by Gasteiger charge is -2.07. The Labute approximate surface area is 121 Å². The van der Waals surface area contributed by atoms with E-state index in [9.17, 15) is 0 Å². The molecule has 1 N–H and O–H groups in total. The predicted octanol–water partition coefficient (Wildman–Crippen LogP) is 1.46. The second kappa shape index (κ2) is 12.6. The molecule has 0 unspecified atom stereocenters. The monoisotopic (exact) mass is 277 g/mol. The number of rotatable bonds is 12. The van der Waals surface area contributed by atoms with Crippen LogP contribution in [0.4, 0.5) is 0 Å². The minimum Gasteiger partial charge on any atom is -0.378 e. The average Bonchev–Trinajstić information content (AvgIpc) is 2.49. The van der Waals surface area contributed by atoms with Crippen molar-refractivity contribution in [2.45, 2.75) is 6.54 Å². The third kappa shape index (κ3) is 9.54. The van der Waals surface area contributed by atoms with Gasteiger partial charge in [0.15, 0.2) is 0 Å². The standard InChI is InChI=1S/C16H23NO3/c1-2-9-18-11-13-20-14-12-19-10-8-17-15-16-6-4-3-5-7-16/h1,3-7,17H,8-15H2. The highest BCUT2D eigenvalue weighted by Gasteiger charge is 1.92. The maximum absolute atomic E-state index is 5.44. The van der Waals surface area contributed by atoms with E-state index in [0.29, 0.717) is 39.6 Å². The SMILES string of the molecule is C#CCOCCOCCOCCNCc1ccccc1. The molecule has 4 nitrogen and oxygen atoms in total. The third-order valence-electron chi connectivity index (χ3n) is 2.52. The summed E-state index contributed by atoms with van der Waals surface area (Å²) >= 11 is 0. The van der Waals surface area contributed by atoms with Crippen LogP contribution in [0.2, 0.25) is 0 Å². The predicted molar refractivity (Wildman–Crippen MR) is 79.4 cm³/mol. The van der Waals surface area contributed by atoms with Gasteiger partial charge in [-0.1, -0.05) is 36.3 Å². The Kier molecular flexibility index (Phi) is 10.5. The topological polar surface area (TPSA) is 39.7 Å². The normalized spacial score (nSPS) is 10.3. The number of nitrogens with one attached hydrogen (secondary N) is 1. The van der Waals surface area contributed by atoms with Gasteiger partial charge in [0.2, 0.25) is 0 Å². The van der Waals surface area contributed by atoms with Gasteiger partial charge in [-0.2, -0.15) is 0 Å². The molecule has 110 valence electrons. The third-order valence-corrected chi connectivity index (χ3v) is 2.52. The summed E-state index contributed by atoms with van der Waals surface area (Å²) in [6, 6.07) is 10.3. The zero-order chi connectivity index (χ0) is 14.3. The van der Waals surface area contributed by atoms with E-state index in [2.05, 4.69) is 23.4 Å². The minimum absolute atomic E-state index is 0.340. The number of benzene rings is 1. The van der Waals surface area contributed by atoms with E-state index in [1.54, 1.807) is 0 Å². The molecular weight excluding hydrogens is 254 g/mol. The van der Waals surface area contributed by atoms with E-state index in [1.165, 1.54) is 5.56 Å². The Balaban J connectivity index is 1.78. The van der Waals surface area contributed by atoms with Crippen molar-refractivity contribution >= 4 is 0 Å². The zero-order valence-electron chi connectivity index (χ0n) is 11.8. The first kappa shape index (κ1) is 16.7. The van der Waals surface area contributed by atoms with Crippen LogP contribution in [-0.4, -0.2) is 46.2 Å². The van der Waals surface area contributed by atoms with Crippen molar-refractivity contribution in [3.63, 3.8) is 0 Å². The Morgan fingerprint density at radius 2 is 1.55 bits per heavy atom. The molecule has 0 bridgehead atoms. The van der Waals surface area contributed by atoms with Crippen LogP contribution < -0.4 is 5.32 Å². The summed E-state index contributed by atoms with van der Waals surface area (Å²) in [7, 11) is 0. The number of hydrogen-bond acceptors (Lipinski definition) is 4. The molecule has 20 heavy (non-hydrogen) atoms. The smallest absolute Gasteiger partial charge is 0.107 e.